The van der Waals surface area contributed by atoms with Crippen LogP contribution in [0.4, 0.5) is 0 Å². The average molecular weight is 301 g/mol. The van der Waals surface area contributed by atoms with Gasteiger partial charge in [0.2, 0.25) is 10.0 Å². The van der Waals surface area contributed by atoms with Gasteiger partial charge in [-0.25, -0.2) is 8.42 Å². The van der Waals surface area contributed by atoms with Crippen LogP contribution in [0, 0.1) is 19.8 Å². The number of hydrogen-bond acceptors (Lipinski definition) is 4. The summed E-state index contributed by atoms with van der Waals surface area (Å²) in [5.41, 5.74) is 0. The molecule has 6 heteroatoms. The Kier molecular flexibility index (Phi) is 4.88. The molecule has 1 fully saturated rings. The summed E-state index contributed by atoms with van der Waals surface area (Å²) in [5.74, 6) is 1.50. The normalized spacial score (nSPS) is 21.9. The van der Waals surface area contributed by atoms with E-state index in [4.69, 9.17) is 9.52 Å². The van der Waals surface area contributed by atoms with Gasteiger partial charge in [-0.05, 0) is 51.5 Å². The summed E-state index contributed by atoms with van der Waals surface area (Å²) in [4.78, 5) is 0.288. The Morgan fingerprint density at radius 1 is 1.35 bits per heavy atom. The number of aliphatic hydroxyl groups excluding tert-OH is 1. The molecule has 1 aliphatic heterocycles. The third-order valence-electron chi connectivity index (χ3n) is 3.96. The van der Waals surface area contributed by atoms with Crippen LogP contribution in [-0.4, -0.2) is 37.5 Å². The lowest BCUT2D eigenvalue weighted by Crippen LogP contribution is -2.32. The van der Waals surface area contributed by atoms with Gasteiger partial charge in [-0.15, -0.1) is 0 Å². The van der Waals surface area contributed by atoms with E-state index in [9.17, 15) is 8.42 Å². The average Bonchev–Trinajstić information content (AvgIpc) is 2.61. The summed E-state index contributed by atoms with van der Waals surface area (Å²) in [5, 5.41) is 9.01. The van der Waals surface area contributed by atoms with Crippen molar-refractivity contribution in [2.75, 3.05) is 19.7 Å². The van der Waals surface area contributed by atoms with E-state index < -0.39 is 10.0 Å². The first kappa shape index (κ1) is 15.5. The third-order valence-corrected chi connectivity index (χ3v) is 5.96. The van der Waals surface area contributed by atoms with Gasteiger partial charge in [-0.1, -0.05) is 0 Å². The van der Waals surface area contributed by atoms with Gasteiger partial charge >= 0.3 is 0 Å². The van der Waals surface area contributed by atoms with E-state index in [1.165, 1.54) is 0 Å². The van der Waals surface area contributed by atoms with Crippen molar-refractivity contribution < 1.29 is 17.9 Å². The molecular weight excluding hydrogens is 278 g/mol. The summed E-state index contributed by atoms with van der Waals surface area (Å²) in [6.07, 6.45) is 3.41. The smallest absolute Gasteiger partial charge is 0.246 e. The molecule has 1 aromatic rings. The molecule has 1 N–H and O–H groups in total. The standard InChI is InChI=1S/C14H23NO4S/c1-11-10-14(12(2)19-11)20(17,18)15-7-3-4-13(5-8-15)6-9-16/h10,13,16H,3-9H2,1-2H3. The van der Waals surface area contributed by atoms with E-state index >= 15 is 0 Å². The zero-order chi connectivity index (χ0) is 14.8. The van der Waals surface area contributed by atoms with Gasteiger partial charge in [0, 0.05) is 19.7 Å². The van der Waals surface area contributed by atoms with Crippen LogP contribution in [0.1, 0.15) is 37.2 Å². The Morgan fingerprint density at radius 3 is 2.70 bits per heavy atom. The highest BCUT2D eigenvalue weighted by Crippen LogP contribution is 2.27. The number of sulfonamides is 1. The van der Waals surface area contributed by atoms with Crippen LogP contribution in [0.3, 0.4) is 0 Å². The van der Waals surface area contributed by atoms with E-state index in [1.807, 2.05) is 0 Å². The lowest BCUT2D eigenvalue weighted by atomic mass is 9.98. The van der Waals surface area contributed by atoms with Crippen molar-refractivity contribution in [2.45, 2.75) is 44.4 Å². The van der Waals surface area contributed by atoms with Gasteiger partial charge in [0.1, 0.15) is 16.4 Å². The van der Waals surface area contributed by atoms with Crippen LogP contribution >= 0.6 is 0 Å². The van der Waals surface area contributed by atoms with Crippen LogP contribution in [0.15, 0.2) is 15.4 Å². The Balaban J connectivity index is 2.16. The molecule has 0 spiro atoms. The van der Waals surface area contributed by atoms with Crippen molar-refractivity contribution in [1.82, 2.24) is 4.31 Å². The second-order valence-corrected chi connectivity index (χ2v) is 7.40. The number of aryl methyl sites for hydroxylation is 2. The zero-order valence-electron chi connectivity index (χ0n) is 12.1. The molecule has 1 saturated heterocycles. The fourth-order valence-electron chi connectivity index (χ4n) is 2.85. The topological polar surface area (TPSA) is 70.8 Å². The molecule has 0 saturated carbocycles. The predicted molar refractivity (Wildman–Crippen MR) is 76.0 cm³/mol. The second-order valence-electron chi connectivity index (χ2n) is 5.49. The van der Waals surface area contributed by atoms with Crippen LogP contribution in [0.25, 0.3) is 0 Å². The van der Waals surface area contributed by atoms with Gasteiger partial charge in [0.05, 0.1) is 0 Å². The zero-order valence-corrected chi connectivity index (χ0v) is 12.9. The Hall–Kier alpha value is -0.850. The molecule has 1 unspecified atom stereocenters. The third kappa shape index (κ3) is 3.24. The maximum atomic E-state index is 12.7. The van der Waals surface area contributed by atoms with Crippen molar-refractivity contribution in [2.24, 2.45) is 5.92 Å². The molecule has 1 aliphatic rings. The molecule has 0 aliphatic carbocycles. The Morgan fingerprint density at radius 2 is 2.10 bits per heavy atom. The first-order valence-corrected chi connectivity index (χ1v) is 8.57. The molecule has 0 radical (unpaired) electrons. The lowest BCUT2D eigenvalue weighted by Gasteiger charge is -2.19. The molecule has 2 rings (SSSR count). The van der Waals surface area contributed by atoms with Gasteiger partial charge < -0.3 is 9.52 Å². The van der Waals surface area contributed by atoms with Crippen LogP contribution in [0.5, 0.6) is 0 Å². The molecule has 1 aromatic heterocycles. The van der Waals surface area contributed by atoms with Crippen molar-refractivity contribution in [3.63, 3.8) is 0 Å². The highest BCUT2D eigenvalue weighted by molar-refractivity contribution is 7.89. The Bertz CT molecular complexity index is 550. The summed E-state index contributed by atoms with van der Waals surface area (Å²) in [7, 11) is -3.46. The number of furan rings is 1. The molecule has 0 aromatic carbocycles. The molecule has 0 bridgehead atoms. The van der Waals surface area contributed by atoms with E-state index in [0.29, 0.717) is 30.5 Å². The van der Waals surface area contributed by atoms with Gasteiger partial charge in [0.25, 0.3) is 0 Å². The van der Waals surface area contributed by atoms with E-state index in [-0.39, 0.29) is 11.5 Å². The molecule has 1 atom stereocenters. The number of rotatable bonds is 4. The molecule has 0 amide bonds. The summed E-state index contributed by atoms with van der Waals surface area (Å²) in [6.45, 7) is 4.69. The monoisotopic (exact) mass is 301 g/mol. The fourth-order valence-corrected chi connectivity index (χ4v) is 4.57. The molecule has 20 heavy (non-hydrogen) atoms. The summed E-state index contributed by atoms with van der Waals surface area (Å²) < 4.78 is 32.2. The molecule has 2 heterocycles. The summed E-state index contributed by atoms with van der Waals surface area (Å²) in [6, 6.07) is 1.60. The van der Waals surface area contributed by atoms with Crippen molar-refractivity contribution in [3.8, 4) is 0 Å². The fraction of sp³-hybridized carbons (Fsp3) is 0.714. The van der Waals surface area contributed by atoms with Gasteiger partial charge in [-0.2, -0.15) is 4.31 Å². The largest absolute Gasteiger partial charge is 0.465 e. The lowest BCUT2D eigenvalue weighted by molar-refractivity contribution is 0.248. The quantitative estimate of drug-likeness (QED) is 0.924. The number of aliphatic hydroxyl groups is 1. The van der Waals surface area contributed by atoms with E-state index in [0.717, 1.165) is 25.7 Å². The van der Waals surface area contributed by atoms with Gasteiger partial charge in [0.15, 0.2) is 0 Å². The van der Waals surface area contributed by atoms with E-state index in [1.54, 1.807) is 24.2 Å². The second kappa shape index (κ2) is 6.28. The van der Waals surface area contributed by atoms with Crippen molar-refractivity contribution in [3.05, 3.63) is 17.6 Å². The predicted octanol–water partition coefficient (Wildman–Crippen LogP) is 2.07. The minimum Gasteiger partial charge on any atom is -0.465 e. The van der Waals surface area contributed by atoms with Gasteiger partial charge in [-0.3, -0.25) is 0 Å². The molecule has 5 nitrogen and oxygen atoms in total. The maximum absolute atomic E-state index is 12.7. The molecule has 114 valence electrons. The van der Waals surface area contributed by atoms with Crippen LogP contribution < -0.4 is 0 Å². The Labute approximate surface area is 120 Å². The number of hydrogen-bond donors (Lipinski definition) is 1. The first-order chi connectivity index (χ1) is 9.45. The highest BCUT2D eigenvalue weighted by atomic mass is 32.2. The van der Waals surface area contributed by atoms with Crippen LogP contribution in [0.2, 0.25) is 0 Å². The van der Waals surface area contributed by atoms with Crippen molar-refractivity contribution >= 4 is 10.0 Å². The first-order valence-electron chi connectivity index (χ1n) is 7.13. The number of nitrogens with zero attached hydrogens (tertiary/aromatic N) is 1. The maximum Gasteiger partial charge on any atom is 0.246 e. The molecular formula is C14H23NO4S. The minimum absolute atomic E-state index is 0.178. The SMILES string of the molecule is Cc1cc(S(=O)(=O)N2CCCC(CCO)CC2)c(C)o1. The summed E-state index contributed by atoms with van der Waals surface area (Å²) >= 11 is 0. The van der Waals surface area contributed by atoms with E-state index in [2.05, 4.69) is 0 Å². The highest BCUT2D eigenvalue weighted by Gasteiger charge is 2.30. The minimum atomic E-state index is -3.46. The van der Waals surface area contributed by atoms with Crippen molar-refractivity contribution in [1.29, 1.82) is 0 Å². The van der Waals surface area contributed by atoms with Crippen LogP contribution in [-0.2, 0) is 10.0 Å².